The Morgan fingerprint density at radius 1 is 1.24 bits per heavy atom. The van der Waals surface area contributed by atoms with Crippen molar-refractivity contribution in [2.45, 2.75) is 56.6 Å². The maximum absolute atomic E-state index is 11.9. The zero-order valence-corrected chi connectivity index (χ0v) is 11.8. The molecule has 3 N–H and O–H groups in total. The predicted octanol–water partition coefficient (Wildman–Crippen LogP) is 1.69. The van der Waals surface area contributed by atoms with E-state index in [0.29, 0.717) is 18.0 Å². The summed E-state index contributed by atoms with van der Waals surface area (Å²) in [5, 5.41) is -0.174. The van der Waals surface area contributed by atoms with Crippen LogP contribution in [-0.4, -0.2) is 25.2 Å². The molecule has 1 aliphatic carbocycles. The van der Waals surface area contributed by atoms with Gasteiger partial charge in [-0.15, -0.1) is 0 Å². The monoisotopic (exact) mass is 278 g/mol. The molecule has 0 aliphatic heterocycles. The number of thiocarbonyl (C=S) groups is 1. The summed E-state index contributed by atoms with van der Waals surface area (Å²) in [5.41, 5.74) is 5.37. The van der Waals surface area contributed by atoms with Gasteiger partial charge in [0.05, 0.1) is 10.2 Å². The minimum atomic E-state index is -3.10. The smallest absolute Gasteiger partial charge is 0.214 e. The second kappa shape index (κ2) is 7.28. The fraction of sp³-hybridized carbons (Fsp3) is 0.909. The summed E-state index contributed by atoms with van der Waals surface area (Å²) in [6, 6.07) is 0. The number of hydrogen-bond donors (Lipinski definition) is 2. The Morgan fingerprint density at radius 2 is 1.88 bits per heavy atom. The Labute approximate surface area is 109 Å². The Balaban J connectivity index is 2.22. The highest BCUT2D eigenvalue weighted by atomic mass is 32.2. The Hall–Kier alpha value is -0.200. The summed E-state index contributed by atoms with van der Waals surface area (Å²) in [4.78, 5) is 0.500. The van der Waals surface area contributed by atoms with E-state index in [1.165, 1.54) is 6.42 Å². The lowest BCUT2D eigenvalue weighted by atomic mass is 10.0. The third kappa shape index (κ3) is 5.79. The first-order valence-corrected chi connectivity index (χ1v) is 8.24. The second-order valence-electron chi connectivity index (χ2n) is 4.62. The van der Waals surface area contributed by atoms with Crippen molar-refractivity contribution in [2.75, 3.05) is 6.54 Å². The highest BCUT2D eigenvalue weighted by molar-refractivity contribution is 7.90. The normalized spacial score (nSPS) is 18.1. The molecule has 6 heteroatoms. The summed E-state index contributed by atoms with van der Waals surface area (Å²) in [5.74, 6) is 0. The van der Waals surface area contributed by atoms with Crippen molar-refractivity contribution in [3.8, 4) is 0 Å². The third-order valence-electron chi connectivity index (χ3n) is 3.14. The average Bonchev–Trinajstić information content (AvgIpc) is 2.29. The molecule has 0 aromatic heterocycles. The van der Waals surface area contributed by atoms with Gasteiger partial charge in [-0.2, -0.15) is 0 Å². The van der Waals surface area contributed by atoms with Gasteiger partial charge in [0.15, 0.2) is 0 Å². The molecule has 1 rings (SSSR count). The minimum Gasteiger partial charge on any atom is -0.393 e. The third-order valence-corrected chi connectivity index (χ3v) is 5.30. The number of sulfonamides is 1. The summed E-state index contributed by atoms with van der Waals surface area (Å²) >= 11 is 4.76. The highest BCUT2D eigenvalue weighted by Gasteiger charge is 2.26. The lowest BCUT2D eigenvalue weighted by molar-refractivity contribution is 0.477. The molecule has 1 fully saturated rings. The lowest BCUT2D eigenvalue weighted by Gasteiger charge is -2.21. The van der Waals surface area contributed by atoms with Crippen molar-refractivity contribution in [1.82, 2.24) is 4.72 Å². The highest BCUT2D eigenvalue weighted by Crippen LogP contribution is 2.22. The van der Waals surface area contributed by atoms with Crippen LogP contribution >= 0.6 is 12.2 Å². The molecule has 1 saturated carbocycles. The molecule has 1 aliphatic rings. The molecule has 0 spiro atoms. The maximum atomic E-state index is 11.9. The molecular weight excluding hydrogens is 256 g/mol. The quantitative estimate of drug-likeness (QED) is 0.549. The summed E-state index contributed by atoms with van der Waals surface area (Å²) in [6.07, 6.45) is 7.19. The zero-order chi connectivity index (χ0) is 12.7. The largest absolute Gasteiger partial charge is 0.393 e. The molecule has 0 unspecified atom stereocenters. The maximum Gasteiger partial charge on any atom is 0.214 e. The van der Waals surface area contributed by atoms with Gasteiger partial charge in [-0.05, 0) is 32.1 Å². The van der Waals surface area contributed by atoms with Crippen molar-refractivity contribution >= 4 is 27.2 Å². The van der Waals surface area contributed by atoms with Crippen molar-refractivity contribution in [3.05, 3.63) is 0 Å². The van der Waals surface area contributed by atoms with E-state index in [-0.39, 0.29) is 5.25 Å². The van der Waals surface area contributed by atoms with Crippen LogP contribution in [0.3, 0.4) is 0 Å². The van der Waals surface area contributed by atoms with Crippen LogP contribution in [0.25, 0.3) is 0 Å². The molecule has 0 radical (unpaired) electrons. The first kappa shape index (κ1) is 14.9. The van der Waals surface area contributed by atoms with Gasteiger partial charge in [0.1, 0.15) is 0 Å². The van der Waals surface area contributed by atoms with Crippen molar-refractivity contribution < 1.29 is 8.42 Å². The molecule has 0 saturated heterocycles. The fourth-order valence-corrected chi connectivity index (χ4v) is 3.89. The zero-order valence-electron chi connectivity index (χ0n) is 10.2. The summed E-state index contributed by atoms with van der Waals surface area (Å²) in [7, 11) is -3.10. The topological polar surface area (TPSA) is 72.2 Å². The van der Waals surface area contributed by atoms with Gasteiger partial charge in [-0.3, -0.25) is 0 Å². The van der Waals surface area contributed by atoms with Crippen molar-refractivity contribution in [2.24, 2.45) is 5.73 Å². The van der Waals surface area contributed by atoms with Gasteiger partial charge in [0, 0.05) is 6.54 Å². The van der Waals surface area contributed by atoms with Gasteiger partial charge >= 0.3 is 0 Å². The predicted molar refractivity (Wildman–Crippen MR) is 74.4 cm³/mol. The second-order valence-corrected chi connectivity index (χ2v) is 7.19. The fourth-order valence-electron chi connectivity index (χ4n) is 2.13. The van der Waals surface area contributed by atoms with Gasteiger partial charge in [0.25, 0.3) is 0 Å². The van der Waals surface area contributed by atoms with E-state index in [4.69, 9.17) is 18.0 Å². The number of hydrogen-bond acceptors (Lipinski definition) is 3. The lowest BCUT2D eigenvalue weighted by Crippen LogP contribution is -2.36. The van der Waals surface area contributed by atoms with Crippen LogP contribution in [0.15, 0.2) is 0 Å². The first-order chi connectivity index (χ1) is 8.02. The van der Waals surface area contributed by atoms with Gasteiger partial charge < -0.3 is 5.73 Å². The molecule has 17 heavy (non-hydrogen) atoms. The van der Waals surface area contributed by atoms with Gasteiger partial charge in [-0.25, -0.2) is 13.1 Å². The van der Waals surface area contributed by atoms with Crippen LogP contribution in [0, 0.1) is 0 Å². The summed E-state index contributed by atoms with van der Waals surface area (Å²) in [6.45, 7) is 0.501. The van der Waals surface area contributed by atoms with E-state index >= 15 is 0 Å². The average molecular weight is 278 g/mol. The van der Waals surface area contributed by atoms with E-state index in [9.17, 15) is 8.42 Å². The Bertz CT molecular complexity index is 335. The number of nitrogens with two attached hydrogens (primary N) is 1. The van der Waals surface area contributed by atoms with E-state index < -0.39 is 10.0 Å². The summed E-state index contributed by atoms with van der Waals surface area (Å²) < 4.78 is 26.5. The van der Waals surface area contributed by atoms with Gasteiger partial charge in [-0.1, -0.05) is 31.5 Å². The van der Waals surface area contributed by atoms with E-state index in [1.54, 1.807) is 0 Å². The van der Waals surface area contributed by atoms with E-state index in [2.05, 4.69) is 4.72 Å². The molecule has 0 heterocycles. The molecule has 100 valence electrons. The van der Waals surface area contributed by atoms with Crippen LogP contribution in [0.4, 0.5) is 0 Å². The Kier molecular flexibility index (Phi) is 6.37. The number of rotatable bonds is 7. The first-order valence-electron chi connectivity index (χ1n) is 6.29. The van der Waals surface area contributed by atoms with Gasteiger partial charge in [0.2, 0.25) is 10.0 Å². The molecule has 4 nitrogen and oxygen atoms in total. The van der Waals surface area contributed by atoms with Crippen molar-refractivity contribution in [3.63, 3.8) is 0 Å². The molecule has 0 atom stereocenters. The number of nitrogens with one attached hydrogen (secondary N) is 1. The SMILES string of the molecule is NC(=S)CCCCNS(=O)(=O)C1CCCCC1. The molecular formula is C11H22N2O2S2. The van der Waals surface area contributed by atoms with Crippen LogP contribution < -0.4 is 10.5 Å². The number of unbranched alkanes of at least 4 members (excludes halogenated alkanes) is 1. The molecule has 0 bridgehead atoms. The molecule has 0 aromatic carbocycles. The molecule has 0 amide bonds. The van der Waals surface area contributed by atoms with E-state index in [1.807, 2.05) is 0 Å². The van der Waals surface area contributed by atoms with E-state index in [0.717, 1.165) is 38.5 Å². The van der Waals surface area contributed by atoms with Crippen LogP contribution in [0.1, 0.15) is 51.4 Å². The van der Waals surface area contributed by atoms with Crippen LogP contribution in [-0.2, 0) is 10.0 Å². The standard InChI is InChI=1S/C11H22N2O2S2/c12-11(16)8-4-5-9-13-17(14,15)10-6-2-1-3-7-10/h10,13H,1-9H2,(H2,12,16). The van der Waals surface area contributed by atoms with Crippen LogP contribution in [0.2, 0.25) is 0 Å². The van der Waals surface area contributed by atoms with Crippen LogP contribution in [0.5, 0.6) is 0 Å². The van der Waals surface area contributed by atoms with Crippen molar-refractivity contribution in [1.29, 1.82) is 0 Å². The Morgan fingerprint density at radius 3 is 2.47 bits per heavy atom. The minimum absolute atomic E-state index is 0.174. The molecule has 0 aromatic rings.